The Kier molecular flexibility index (Phi) is 4.47. The average Bonchev–Trinajstić information content (AvgIpc) is 2.88. The Labute approximate surface area is 128 Å². The molecule has 0 bridgehead atoms. The highest BCUT2D eigenvalue weighted by molar-refractivity contribution is 7.16. The number of carbonyl (C=O) groups is 1. The van der Waals surface area contributed by atoms with Gasteiger partial charge >= 0.3 is 6.18 Å². The number of hydrogen-bond donors (Lipinski definition) is 1. The smallest absolute Gasteiger partial charge is 0.312 e. The molecule has 0 radical (unpaired) electrons. The van der Waals surface area contributed by atoms with Gasteiger partial charge in [0.1, 0.15) is 16.8 Å². The van der Waals surface area contributed by atoms with Gasteiger partial charge in [-0.05, 0) is 24.6 Å². The Morgan fingerprint density at radius 1 is 1.45 bits per heavy atom. The molecule has 0 unspecified atom stereocenters. The van der Waals surface area contributed by atoms with Gasteiger partial charge in [-0.25, -0.2) is 0 Å². The fourth-order valence-corrected chi connectivity index (χ4v) is 2.60. The van der Waals surface area contributed by atoms with Gasteiger partial charge in [-0.1, -0.05) is 6.92 Å². The highest BCUT2D eigenvalue weighted by Gasteiger charge is 2.32. The topological polar surface area (TPSA) is 65.8 Å². The van der Waals surface area contributed by atoms with Gasteiger partial charge in [0.15, 0.2) is 0 Å². The number of rotatable bonds is 3. The van der Waals surface area contributed by atoms with E-state index < -0.39 is 17.8 Å². The van der Waals surface area contributed by atoms with Crippen LogP contribution in [-0.2, 0) is 12.6 Å². The number of aryl methyl sites for hydroxylation is 1. The first-order valence-electron chi connectivity index (χ1n) is 6.22. The molecule has 0 aliphatic rings. The number of amides is 1. The summed E-state index contributed by atoms with van der Waals surface area (Å²) in [6.45, 7) is 1.92. The molecule has 2 heterocycles. The van der Waals surface area contributed by atoms with Crippen molar-refractivity contribution in [2.75, 3.05) is 5.32 Å². The number of nitrogens with one attached hydrogen (secondary N) is 1. The maximum absolute atomic E-state index is 12.4. The molecule has 2 rings (SSSR count). The van der Waals surface area contributed by atoms with Crippen molar-refractivity contribution in [1.82, 2.24) is 4.98 Å². The molecule has 0 spiro atoms. The van der Waals surface area contributed by atoms with Gasteiger partial charge in [0.05, 0.1) is 11.1 Å². The summed E-state index contributed by atoms with van der Waals surface area (Å²) in [6, 6.07) is 5.43. The molecule has 114 valence electrons. The van der Waals surface area contributed by atoms with Crippen LogP contribution in [0.25, 0.3) is 0 Å². The lowest BCUT2D eigenvalue weighted by atomic mass is 10.2. The second kappa shape index (κ2) is 6.15. The number of pyridine rings is 1. The minimum atomic E-state index is -4.55. The molecule has 22 heavy (non-hydrogen) atoms. The van der Waals surface area contributed by atoms with E-state index in [1.54, 1.807) is 6.07 Å². The molecule has 2 aromatic heterocycles. The first-order valence-corrected chi connectivity index (χ1v) is 7.04. The number of nitriles is 1. The largest absolute Gasteiger partial charge is 0.433 e. The van der Waals surface area contributed by atoms with E-state index in [0.717, 1.165) is 29.6 Å². The molecular weight excluding hydrogens is 315 g/mol. The minimum absolute atomic E-state index is 0.0108. The van der Waals surface area contributed by atoms with E-state index in [9.17, 15) is 18.0 Å². The van der Waals surface area contributed by atoms with Crippen LogP contribution in [-0.4, -0.2) is 10.9 Å². The van der Waals surface area contributed by atoms with Crippen LogP contribution in [0, 0.1) is 11.3 Å². The van der Waals surface area contributed by atoms with E-state index in [1.807, 2.05) is 13.0 Å². The van der Waals surface area contributed by atoms with Crippen molar-refractivity contribution in [3.05, 3.63) is 46.1 Å². The fourth-order valence-electron chi connectivity index (χ4n) is 1.66. The lowest BCUT2D eigenvalue weighted by molar-refractivity contribution is -0.141. The van der Waals surface area contributed by atoms with Crippen LogP contribution in [0.5, 0.6) is 0 Å². The number of halogens is 3. The van der Waals surface area contributed by atoms with Crippen molar-refractivity contribution in [1.29, 1.82) is 5.26 Å². The standard InChI is InChI=1S/C14H10F3N3OS/c1-2-10-5-9(6-18)13(22-10)20-12(21)8-3-4-11(19-7-8)14(15,16)17/h3-5,7H,2H2,1H3,(H,20,21). The van der Waals surface area contributed by atoms with Crippen molar-refractivity contribution in [2.45, 2.75) is 19.5 Å². The maximum Gasteiger partial charge on any atom is 0.433 e. The SMILES string of the molecule is CCc1cc(C#N)c(NC(=O)c2ccc(C(F)(F)F)nc2)s1. The van der Waals surface area contributed by atoms with Crippen LogP contribution < -0.4 is 5.32 Å². The van der Waals surface area contributed by atoms with E-state index >= 15 is 0 Å². The van der Waals surface area contributed by atoms with Gasteiger partial charge in [-0.2, -0.15) is 18.4 Å². The average molecular weight is 325 g/mol. The monoisotopic (exact) mass is 325 g/mol. The molecule has 0 aliphatic heterocycles. The third-order valence-electron chi connectivity index (χ3n) is 2.80. The van der Waals surface area contributed by atoms with Crippen molar-refractivity contribution < 1.29 is 18.0 Å². The van der Waals surface area contributed by atoms with Crippen LogP contribution in [0.2, 0.25) is 0 Å². The second-order valence-electron chi connectivity index (χ2n) is 4.30. The van der Waals surface area contributed by atoms with Crippen molar-refractivity contribution in [2.24, 2.45) is 0 Å². The first kappa shape index (κ1) is 16.0. The number of carbonyl (C=O) groups excluding carboxylic acids is 1. The van der Waals surface area contributed by atoms with Crippen LogP contribution >= 0.6 is 11.3 Å². The van der Waals surface area contributed by atoms with Crippen LogP contribution in [0.4, 0.5) is 18.2 Å². The molecule has 1 N–H and O–H groups in total. The second-order valence-corrected chi connectivity index (χ2v) is 5.44. The molecule has 0 fully saturated rings. The summed E-state index contributed by atoms with van der Waals surface area (Å²) in [7, 11) is 0. The van der Waals surface area contributed by atoms with Crippen LogP contribution in [0.15, 0.2) is 24.4 Å². The van der Waals surface area contributed by atoms with Gasteiger partial charge in [0, 0.05) is 11.1 Å². The Hall–Kier alpha value is -2.40. The summed E-state index contributed by atoms with van der Waals surface area (Å²) in [6.07, 6.45) is -2.97. The number of alkyl halides is 3. The summed E-state index contributed by atoms with van der Waals surface area (Å²) in [5.41, 5.74) is -0.746. The van der Waals surface area contributed by atoms with Crippen LogP contribution in [0.3, 0.4) is 0 Å². The molecule has 1 amide bonds. The Bertz CT molecular complexity index is 729. The quantitative estimate of drug-likeness (QED) is 0.932. The number of nitrogens with zero attached hydrogens (tertiary/aromatic N) is 2. The zero-order valence-electron chi connectivity index (χ0n) is 11.4. The van der Waals surface area contributed by atoms with E-state index in [1.165, 1.54) is 11.3 Å². The summed E-state index contributed by atoms with van der Waals surface area (Å²) in [5.74, 6) is -0.609. The predicted molar refractivity (Wildman–Crippen MR) is 75.6 cm³/mol. The van der Waals surface area contributed by atoms with Crippen LogP contribution in [0.1, 0.15) is 33.4 Å². The van der Waals surface area contributed by atoms with Crippen molar-refractivity contribution in [3.63, 3.8) is 0 Å². The molecule has 0 aliphatic carbocycles. The number of hydrogen-bond acceptors (Lipinski definition) is 4. The Balaban J connectivity index is 2.19. The number of anilines is 1. The Morgan fingerprint density at radius 2 is 2.18 bits per heavy atom. The lowest BCUT2D eigenvalue weighted by Gasteiger charge is -2.06. The zero-order valence-corrected chi connectivity index (χ0v) is 12.2. The Morgan fingerprint density at radius 3 is 2.68 bits per heavy atom. The van der Waals surface area contributed by atoms with E-state index in [2.05, 4.69) is 10.3 Å². The molecule has 0 aromatic carbocycles. The third kappa shape index (κ3) is 3.43. The summed E-state index contributed by atoms with van der Waals surface area (Å²) in [4.78, 5) is 16.2. The van der Waals surface area contributed by atoms with Gasteiger partial charge in [-0.3, -0.25) is 9.78 Å². The zero-order chi connectivity index (χ0) is 16.3. The molecule has 0 saturated heterocycles. The first-order chi connectivity index (χ1) is 10.3. The summed E-state index contributed by atoms with van der Waals surface area (Å²) < 4.78 is 37.2. The minimum Gasteiger partial charge on any atom is -0.312 e. The predicted octanol–water partition coefficient (Wildman–Crippen LogP) is 3.85. The lowest BCUT2D eigenvalue weighted by Crippen LogP contribution is -2.14. The fraction of sp³-hybridized carbons (Fsp3) is 0.214. The number of aromatic nitrogens is 1. The molecule has 2 aromatic rings. The highest BCUT2D eigenvalue weighted by atomic mass is 32.1. The van der Waals surface area contributed by atoms with E-state index in [-0.39, 0.29) is 5.56 Å². The molecule has 4 nitrogen and oxygen atoms in total. The van der Waals surface area contributed by atoms with E-state index in [4.69, 9.17) is 5.26 Å². The molecule has 0 saturated carbocycles. The summed E-state index contributed by atoms with van der Waals surface area (Å²) in [5, 5.41) is 11.9. The van der Waals surface area contributed by atoms with Crippen molar-refractivity contribution in [3.8, 4) is 6.07 Å². The molecular formula is C14H10F3N3OS. The summed E-state index contributed by atoms with van der Waals surface area (Å²) >= 11 is 1.26. The van der Waals surface area contributed by atoms with Gasteiger partial charge < -0.3 is 5.32 Å². The van der Waals surface area contributed by atoms with Crippen molar-refractivity contribution >= 4 is 22.2 Å². The van der Waals surface area contributed by atoms with E-state index in [0.29, 0.717) is 10.6 Å². The molecule has 0 atom stereocenters. The normalized spacial score (nSPS) is 11.0. The maximum atomic E-state index is 12.4. The van der Waals surface area contributed by atoms with Gasteiger partial charge in [0.25, 0.3) is 5.91 Å². The third-order valence-corrected chi connectivity index (χ3v) is 3.99. The molecule has 8 heteroatoms. The van der Waals surface area contributed by atoms with Gasteiger partial charge in [-0.15, -0.1) is 11.3 Å². The number of thiophene rings is 1. The van der Waals surface area contributed by atoms with Gasteiger partial charge in [0.2, 0.25) is 0 Å². The highest BCUT2D eigenvalue weighted by Crippen LogP contribution is 2.29.